The Hall–Kier alpha value is -6.31. The molecular weight excluding hydrogens is 778 g/mol. The number of anilines is 1. The Balaban J connectivity index is 1.35. The molecular formula is C44H42ClN5O7S. The number of carbonyl (C=O) groups is 6. The van der Waals surface area contributed by atoms with Crippen LogP contribution in [0.5, 0.6) is 0 Å². The van der Waals surface area contributed by atoms with E-state index in [9.17, 15) is 33.9 Å². The van der Waals surface area contributed by atoms with Gasteiger partial charge in [-0.25, -0.2) is 4.79 Å². The molecule has 0 radical (unpaired) electrons. The van der Waals surface area contributed by atoms with E-state index in [0.717, 1.165) is 16.0 Å². The van der Waals surface area contributed by atoms with Gasteiger partial charge in [-0.05, 0) is 63.5 Å². The lowest BCUT2D eigenvalue weighted by Gasteiger charge is -2.26. The second kappa shape index (κ2) is 19.7. The summed E-state index contributed by atoms with van der Waals surface area (Å²) < 4.78 is 0. The molecule has 0 fully saturated rings. The molecule has 12 nitrogen and oxygen atoms in total. The number of carbonyl (C=O) groups excluding carboxylic acids is 5. The number of fused-ring (bicyclic) bond motifs is 18. The van der Waals surface area contributed by atoms with Crippen molar-refractivity contribution in [2.45, 2.75) is 62.7 Å². The van der Waals surface area contributed by atoms with Gasteiger partial charge in [-0.1, -0.05) is 96.5 Å². The summed E-state index contributed by atoms with van der Waals surface area (Å²) in [5.41, 5.74) is 4.27. The second-order valence-electron chi connectivity index (χ2n) is 14.0. The number of benzene rings is 4. The van der Waals surface area contributed by atoms with E-state index in [0.29, 0.717) is 27.4 Å². The molecule has 1 aromatic heterocycles. The molecule has 0 aliphatic carbocycles. The van der Waals surface area contributed by atoms with Gasteiger partial charge in [-0.3, -0.25) is 24.0 Å². The smallest absolute Gasteiger partial charge is 0.326 e. The van der Waals surface area contributed by atoms with E-state index in [1.807, 2.05) is 72.1 Å². The van der Waals surface area contributed by atoms with Crippen molar-refractivity contribution in [3.8, 4) is 11.1 Å². The number of thiophene rings is 1. The van der Waals surface area contributed by atoms with E-state index in [4.69, 9.17) is 11.6 Å². The predicted molar refractivity (Wildman–Crippen MR) is 222 cm³/mol. The lowest BCUT2D eigenvalue weighted by atomic mass is 9.99. The second-order valence-corrected chi connectivity index (χ2v) is 15.4. The van der Waals surface area contributed by atoms with Gasteiger partial charge in [0, 0.05) is 54.1 Å². The topological polar surface area (TPSA) is 183 Å². The first-order chi connectivity index (χ1) is 28.0. The highest BCUT2D eigenvalue weighted by Crippen LogP contribution is 2.21. The molecule has 3 heterocycles. The van der Waals surface area contributed by atoms with Crippen molar-refractivity contribution in [1.29, 1.82) is 0 Å². The summed E-state index contributed by atoms with van der Waals surface area (Å²) in [5, 5.41) is 26.2. The molecule has 2 aliphatic rings. The van der Waals surface area contributed by atoms with Gasteiger partial charge in [0.2, 0.25) is 29.5 Å². The first-order valence-corrected chi connectivity index (χ1v) is 20.0. The summed E-state index contributed by atoms with van der Waals surface area (Å²) in [4.78, 5) is 81.9. The number of amides is 5. The Morgan fingerprint density at radius 2 is 1.16 bits per heavy atom. The number of nitrogens with one attached hydrogen (secondary N) is 5. The highest BCUT2D eigenvalue weighted by molar-refractivity contribution is 7.09. The lowest BCUT2D eigenvalue weighted by Crippen LogP contribution is -2.59. The van der Waals surface area contributed by atoms with Crippen LogP contribution in [0.25, 0.3) is 11.1 Å². The monoisotopic (exact) mass is 819 g/mol. The zero-order valence-corrected chi connectivity index (χ0v) is 32.9. The third kappa shape index (κ3) is 11.9. The molecule has 14 heteroatoms. The zero-order valence-electron chi connectivity index (χ0n) is 31.3. The third-order valence-electron chi connectivity index (χ3n) is 9.63. The summed E-state index contributed by atoms with van der Waals surface area (Å²) in [7, 11) is 0. The Kier molecular flexibility index (Phi) is 14.0. The molecule has 6 N–H and O–H groups in total. The maximum atomic E-state index is 14.4. The van der Waals surface area contributed by atoms with Crippen molar-refractivity contribution < 1.29 is 33.9 Å². The molecule has 298 valence electrons. The first kappa shape index (κ1) is 41.3. The largest absolute Gasteiger partial charge is 0.480 e. The number of rotatable bonds is 8. The van der Waals surface area contributed by atoms with Gasteiger partial charge < -0.3 is 31.7 Å². The van der Waals surface area contributed by atoms with Gasteiger partial charge in [0.15, 0.2) is 0 Å². The fraction of sp³-hybridized carbons (Fsp3) is 0.227. The molecule has 0 saturated carbocycles. The average molecular weight is 820 g/mol. The molecule has 58 heavy (non-hydrogen) atoms. The van der Waals surface area contributed by atoms with Crippen LogP contribution in [0.4, 0.5) is 5.69 Å². The molecule has 0 saturated heterocycles. The van der Waals surface area contributed by atoms with Gasteiger partial charge in [0.05, 0.1) is 0 Å². The molecule has 2 bridgehead atoms. The Morgan fingerprint density at radius 1 is 0.603 bits per heavy atom. The van der Waals surface area contributed by atoms with Crippen molar-refractivity contribution in [3.05, 3.63) is 147 Å². The summed E-state index contributed by atoms with van der Waals surface area (Å²) >= 11 is 7.52. The van der Waals surface area contributed by atoms with Crippen molar-refractivity contribution in [2.75, 3.05) is 5.32 Å². The van der Waals surface area contributed by atoms with Crippen LogP contribution in [0.2, 0.25) is 5.02 Å². The minimum atomic E-state index is -1.37. The van der Waals surface area contributed by atoms with Crippen LogP contribution < -0.4 is 26.6 Å². The van der Waals surface area contributed by atoms with E-state index in [-0.39, 0.29) is 38.5 Å². The van der Waals surface area contributed by atoms with Crippen LogP contribution in [0.15, 0.2) is 121 Å². The maximum Gasteiger partial charge on any atom is 0.326 e. The SMILES string of the molecule is O=C1CCC(=O)N[C@H](Cc2cccs2)C(=O)N[C@@H](Cc2ccc(-c3ccccc3)cc2)C(=O)N[C@H](Cc2ccc(Cl)cc2)C(=O)N[C@H](C(=O)O)Cc2ccc(cc2)N1. The van der Waals surface area contributed by atoms with Crippen LogP contribution in [-0.2, 0) is 54.5 Å². The van der Waals surface area contributed by atoms with Gasteiger partial charge in [0.25, 0.3) is 0 Å². The zero-order chi connectivity index (χ0) is 41.0. The number of carboxylic acids is 1. The number of aliphatic carboxylic acids is 1. The minimum Gasteiger partial charge on any atom is -0.480 e. The molecule has 4 atom stereocenters. The molecule has 7 rings (SSSR count). The van der Waals surface area contributed by atoms with Crippen molar-refractivity contribution in [2.24, 2.45) is 0 Å². The van der Waals surface area contributed by atoms with Gasteiger partial charge in [0.1, 0.15) is 24.2 Å². The summed E-state index contributed by atoms with van der Waals surface area (Å²) in [6, 6.07) is 29.0. The summed E-state index contributed by atoms with van der Waals surface area (Å²) in [5.74, 6) is -4.39. The standard InChI is InChI=1S/C44H42ClN5O7S/c45-32-16-10-28(11-17-32)24-36-42(54)50-38(44(56)57)25-29-12-18-33(19-13-29)46-39(51)20-21-40(52)47-37(26-34-7-4-22-58-34)43(55)49-35(41(53)48-36)23-27-8-14-31(15-9-27)30-5-2-1-3-6-30/h1-19,22,35-38H,20-21,23-26H2,(H,46,51)(H,47,52)(H,48,53)(H,49,55)(H,50,54)(H,56,57)/t35-,36+,37+,38-/m0/s1. The van der Waals surface area contributed by atoms with Crippen molar-refractivity contribution in [3.63, 3.8) is 0 Å². The van der Waals surface area contributed by atoms with E-state index >= 15 is 0 Å². The van der Waals surface area contributed by atoms with E-state index in [2.05, 4.69) is 26.6 Å². The molecule has 5 amide bonds. The van der Waals surface area contributed by atoms with Gasteiger partial charge >= 0.3 is 5.97 Å². The van der Waals surface area contributed by atoms with E-state index in [1.165, 1.54) is 11.3 Å². The van der Waals surface area contributed by atoms with Crippen LogP contribution in [0, 0.1) is 0 Å². The van der Waals surface area contributed by atoms with E-state index < -0.39 is 59.7 Å². The third-order valence-corrected chi connectivity index (χ3v) is 10.8. The summed E-state index contributed by atoms with van der Waals surface area (Å²) in [6.45, 7) is 0. The minimum absolute atomic E-state index is 0.00927. The first-order valence-electron chi connectivity index (χ1n) is 18.7. The molecule has 5 aromatic rings. The van der Waals surface area contributed by atoms with Crippen LogP contribution >= 0.6 is 22.9 Å². The highest BCUT2D eigenvalue weighted by Gasteiger charge is 2.32. The van der Waals surface area contributed by atoms with Crippen molar-refractivity contribution in [1.82, 2.24) is 21.3 Å². The fourth-order valence-electron chi connectivity index (χ4n) is 6.51. The van der Waals surface area contributed by atoms with Crippen LogP contribution in [-0.4, -0.2) is 64.8 Å². The van der Waals surface area contributed by atoms with Gasteiger partial charge in [-0.15, -0.1) is 11.3 Å². The Morgan fingerprint density at radius 3 is 1.74 bits per heavy atom. The average Bonchev–Trinajstić information content (AvgIpc) is 3.74. The van der Waals surface area contributed by atoms with Crippen LogP contribution in [0.1, 0.15) is 34.4 Å². The number of halogens is 1. The fourth-order valence-corrected chi connectivity index (χ4v) is 7.39. The van der Waals surface area contributed by atoms with Crippen molar-refractivity contribution >= 4 is 64.1 Å². The Labute approximate surface area is 344 Å². The van der Waals surface area contributed by atoms with Crippen LogP contribution in [0.3, 0.4) is 0 Å². The normalized spacial score (nSPS) is 19.8. The number of hydrogen-bond donors (Lipinski definition) is 6. The number of carboxylic acid groups (broad SMARTS) is 1. The Bertz CT molecular complexity index is 2220. The lowest BCUT2D eigenvalue weighted by molar-refractivity contribution is -0.142. The highest BCUT2D eigenvalue weighted by atomic mass is 35.5. The molecule has 2 aliphatic heterocycles. The van der Waals surface area contributed by atoms with Gasteiger partial charge in [-0.2, -0.15) is 0 Å². The maximum absolute atomic E-state index is 14.4. The number of hydrogen-bond acceptors (Lipinski definition) is 7. The predicted octanol–water partition coefficient (Wildman–Crippen LogP) is 5.10. The molecule has 0 unspecified atom stereocenters. The summed E-state index contributed by atoms with van der Waals surface area (Å²) in [6.07, 6.45) is -0.385. The van der Waals surface area contributed by atoms with E-state index in [1.54, 1.807) is 48.5 Å². The molecule has 0 spiro atoms. The molecule has 4 aromatic carbocycles. The quantitative estimate of drug-likeness (QED) is 0.118.